The first-order valence-corrected chi connectivity index (χ1v) is 11.7. The third-order valence-corrected chi connectivity index (χ3v) is 7.54. The lowest BCUT2D eigenvalue weighted by Crippen LogP contribution is -2.38. The van der Waals surface area contributed by atoms with Crippen LogP contribution in [0.1, 0.15) is 34.5 Å². The van der Waals surface area contributed by atoms with Crippen molar-refractivity contribution in [2.75, 3.05) is 49.2 Å². The highest BCUT2D eigenvalue weighted by molar-refractivity contribution is 7.11. The molecule has 9 heteroatoms. The third-order valence-electron chi connectivity index (χ3n) is 6.39. The molecule has 0 bridgehead atoms. The van der Waals surface area contributed by atoms with E-state index in [9.17, 15) is 5.11 Å². The Bertz CT molecular complexity index is 1050. The van der Waals surface area contributed by atoms with Gasteiger partial charge in [0.15, 0.2) is 5.82 Å². The summed E-state index contributed by atoms with van der Waals surface area (Å²) in [5.41, 5.74) is 3.00. The Morgan fingerprint density at radius 1 is 1.13 bits per heavy atom. The van der Waals surface area contributed by atoms with Crippen LogP contribution < -0.4 is 9.80 Å². The van der Waals surface area contributed by atoms with Crippen LogP contribution in [0.15, 0.2) is 18.2 Å². The zero-order valence-electron chi connectivity index (χ0n) is 18.0. The van der Waals surface area contributed by atoms with Gasteiger partial charge in [0.25, 0.3) is 0 Å². The second-order valence-corrected chi connectivity index (χ2v) is 9.64. The summed E-state index contributed by atoms with van der Waals surface area (Å²) in [6, 6.07) is 6.33. The molecular weight excluding hydrogens is 412 g/mol. The van der Waals surface area contributed by atoms with Crippen LogP contribution in [-0.4, -0.2) is 64.9 Å². The topological polar surface area (TPSA) is 87.5 Å². The fourth-order valence-corrected chi connectivity index (χ4v) is 5.50. The van der Waals surface area contributed by atoms with E-state index in [1.165, 1.54) is 4.88 Å². The molecule has 2 fully saturated rings. The number of aliphatic hydroxyl groups excluding tert-OH is 1. The first-order chi connectivity index (χ1) is 15.1. The van der Waals surface area contributed by atoms with Gasteiger partial charge in [-0.25, -0.2) is 4.98 Å². The number of benzene rings is 1. The molecule has 1 N–H and O–H groups in total. The van der Waals surface area contributed by atoms with E-state index in [4.69, 9.17) is 4.74 Å². The summed E-state index contributed by atoms with van der Waals surface area (Å²) in [6.07, 6.45) is 1.43. The molecule has 5 rings (SSSR count). The van der Waals surface area contributed by atoms with Crippen LogP contribution in [-0.2, 0) is 4.74 Å². The van der Waals surface area contributed by atoms with Gasteiger partial charge in [-0.15, -0.1) is 21.5 Å². The summed E-state index contributed by atoms with van der Waals surface area (Å²) >= 11 is 1.60. The van der Waals surface area contributed by atoms with Gasteiger partial charge in [-0.1, -0.05) is 0 Å². The minimum Gasteiger partial charge on any atom is -0.386 e. The summed E-state index contributed by atoms with van der Waals surface area (Å²) < 4.78 is 5.47. The van der Waals surface area contributed by atoms with Crippen LogP contribution in [0.4, 0.5) is 11.5 Å². The van der Waals surface area contributed by atoms with E-state index in [2.05, 4.69) is 55.3 Å². The first-order valence-electron chi connectivity index (χ1n) is 10.9. The number of anilines is 2. The molecule has 2 aromatic heterocycles. The van der Waals surface area contributed by atoms with Crippen LogP contribution in [0.2, 0.25) is 0 Å². The summed E-state index contributed by atoms with van der Waals surface area (Å²) in [5.74, 6) is 0.971. The second-order valence-electron chi connectivity index (χ2n) is 8.40. The molecule has 3 aromatic rings. The third kappa shape index (κ3) is 4.09. The maximum atomic E-state index is 11.0. The number of hydrogen-bond donors (Lipinski definition) is 1. The van der Waals surface area contributed by atoms with Crippen molar-refractivity contribution in [1.82, 2.24) is 20.4 Å². The molecule has 0 aliphatic carbocycles. The Balaban J connectivity index is 1.39. The van der Waals surface area contributed by atoms with Gasteiger partial charge in [-0.05, 0) is 50.1 Å². The number of rotatable bonds is 4. The molecule has 2 atom stereocenters. The molecule has 0 amide bonds. The molecule has 2 aliphatic rings. The highest BCUT2D eigenvalue weighted by Gasteiger charge is 2.30. The fraction of sp³-hybridized carbons (Fsp3) is 0.545. The number of ether oxygens (including phenoxy) is 1. The lowest BCUT2D eigenvalue weighted by molar-refractivity contribution is 0.0976. The lowest BCUT2D eigenvalue weighted by Gasteiger charge is -2.35. The smallest absolute Gasteiger partial charge is 0.162 e. The van der Waals surface area contributed by atoms with Gasteiger partial charge < -0.3 is 19.6 Å². The number of nitrogens with zero attached hydrogens (tertiary/aromatic N) is 6. The number of morpholine rings is 1. The Labute approximate surface area is 185 Å². The van der Waals surface area contributed by atoms with Gasteiger partial charge in [0.2, 0.25) is 0 Å². The zero-order valence-corrected chi connectivity index (χ0v) is 18.8. The van der Waals surface area contributed by atoms with Crippen LogP contribution in [0, 0.1) is 19.8 Å². The van der Waals surface area contributed by atoms with Gasteiger partial charge >= 0.3 is 0 Å². The highest BCUT2D eigenvalue weighted by atomic mass is 32.1. The van der Waals surface area contributed by atoms with Crippen molar-refractivity contribution in [2.45, 2.75) is 32.8 Å². The molecule has 0 spiro atoms. The largest absolute Gasteiger partial charge is 0.386 e. The lowest BCUT2D eigenvalue weighted by atomic mass is 9.92. The quantitative estimate of drug-likeness (QED) is 0.663. The molecular formula is C22H28N6O2S. The Hall–Kier alpha value is -2.36. The van der Waals surface area contributed by atoms with Gasteiger partial charge in [-0.2, -0.15) is 0 Å². The number of thiazole rings is 1. The number of fused-ring (bicyclic) bond motifs is 1. The van der Waals surface area contributed by atoms with Crippen molar-refractivity contribution < 1.29 is 9.84 Å². The zero-order chi connectivity index (χ0) is 21.4. The predicted molar refractivity (Wildman–Crippen MR) is 122 cm³/mol. The summed E-state index contributed by atoms with van der Waals surface area (Å²) in [4.78, 5) is 10.3. The van der Waals surface area contributed by atoms with E-state index in [0.29, 0.717) is 0 Å². The summed E-state index contributed by atoms with van der Waals surface area (Å²) in [5, 5.41) is 25.6. The average molecular weight is 441 g/mol. The molecule has 164 valence electrons. The van der Waals surface area contributed by atoms with Crippen LogP contribution in [0.5, 0.6) is 0 Å². The number of aliphatic hydroxyl groups is 1. The van der Waals surface area contributed by atoms with Gasteiger partial charge in [0.1, 0.15) is 16.6 Å². The van der Waals surface area contributed by atoms with Crippen molar-refractivity contribution in [3.8, 4) is 0 Å². The van der Waals surface area contributed by atoms with Crippen molar-refractivity contribution >= 4 is 33.7 Å². The van der Waals surface area contributed by atoms with E-state index >= 15 is 0 Å². The predicted octanol–water partition coefficient (Wildman–Crippen LogP) is 2.88. The fourth-order valence-electron chi connectivity index (χ4n) is 4.50. The van der Waals surface area contributed by atoms with Crippen molar-refractivity contribution in [2.24, 2.45) is 5.92 Å². The molecule has 4 heterocycles. The normalized spacial score (nSPS) is 20.9. The molecule has 0 saturated carbocycles. The standard InChI is InChI=1S/C22H28N6O2S/c1-14-15(2)31-22(23-14)20(29)16-4-3-7-28(13-16)21-18-6-5-17(12-19(18)24-26-25-21)27-8-10-30-11-9-27/h5-6,12,16,20,29H,3-4,7-11,13H2,1-2H3/t16-,20-/m0/s1. The maximum Gasteiger partial charge on any atom is 0.162 e. The molecule has 31 heavy (non-hydrogen) atoms. The minimum atomic E-state index is -0.547. The molecule has 1 aromatic carbocycles. The number of piperidine rings is 1. The maximum absolute atomic E-state index is 11.0. The van der Waals surface area contributed by atoms with Gasteiger partial charge in [-0.3, -0.25) is 0 Å². The summed E-state index contributed by atoms with van der Waals surface area (Å²) in [6.45, 7) is 8.97. The number of aryl methyl sites for hydroxylation is 2. The van der Waals surface area contributed by atoms with E-state index in [-0.39, 0.29) is 5.92 Å². The van der Waals surface area contributed by atoms with Crippen molar-refractivity contribution in [3.63, 3.8) is 0 Å². The monoisotopic (exact) mass is 440 g/mol. The SMILES string of the molecule is Cc1nc([C@@H](O)[C@H]2CCCN(c3nnnc4cc(N5CCOCC5)ccc34)C2)sc1C. The number of aromatic nitrogens is 4. The Morgan fingerprint density at radius 2 is 1.97 bits per heavy atom. The van der Waals surface area contributed by atoms with Crippen LogP contribution in [0.3, 0.4) is 0 Å². The second kappa shape index (κ2) is 8.64. The van der Waals surface area contributed by atoms with Gasteiger partial charge in [0, 0.05) is 48.0 Å². The van der Waals surface area contributed by atoms with E-state index in [0.717, 1.165) is 85.3 Å². The van der Waals surface area contributed by atoms with Crippen LogP contribution in [0.25, 0.3) is 10.9 Å². The highest BCUT2D eigenvalue weighted by Crippen LogP contribution is 2.35. The average Bonchev–Trinajstić information content (AvgIpc) is 3.16. The first kappa shape index (κ1) is 20.5. The molecule has 2 saturated heterocycles. The van der Waals surface area contributed by atoms with Crippen molar-refractivity contribution in [3.05, 3.63) is 33.8 Å². The molecule has 8 nitrogen and oxygen atoms in total. The van der Waals surface area contributed by atoms with Gasteiger partial charge in [0.05, 0.1) is 18.9 Å². The van der Waals surface area contributed by atoms with E-state index in [1.54, 1.807) is 11.3 Å². The van der Waals surface area contributed by atoms with E-state index in [1.807, 2.05) is 6.92 Å². The number of hydrogen-bond acceptors (Lipinski definition) is 9. The summed E-state index contributed by atoms with van der Waals surface area (Å²) in [7, 11) is 0. The van der Waals surface area contributed by atoms with Crippen molar-refractivity contribution in [1.29, 1.82) is 0 Å². The Morgan fingerprint density at radius 3 is 2.74 bits per heavy atom. The minimum absolute atomic E-state index is 0.122. The van der Waals surface area contributed by atoms with E-state index < -0.39 is 6.10 Å². The Kier molecular flexibility index (Phi) is 5.73. The van der Waals surface area contributed by atoms with Crippen LogP contribution >= 0.6 is 11.3 Å². The molecule has 0 radical (unpaired) electrons. The molecule has 2 aliphatic heterocycles. The molecule has 0 unspecified atom stereocenters.